The van der Waals surface area contributed by atoms with Crippen molar-refractivity contribution in [2.75, 3.05) is 6.54 Å². The second-order valence-corrected chi connectivity index (χ2v) is 4.57. The van der Waals surface area contributed by atoms with E-state index in [4.69, 9.17) is 4.42 Å². The molecule has 0 bridgehead atoms. The zero-order valence-corrected chi connectivity index (χ0v) is 12.0. The molecule has 6 nitrogen and oxygen atoms in total. The van der Waals surface area contributed by atoms with E-state index in [1.165, 1.54) is 12.5 Å². The molecular formula is C16H17N3O3. The monoisotopic (exact) mass is 299 g/mol. The molecular weight excluding hydrogens is 282 g/mol. The number of rotatable bonds is 7. The molecule has 1 aromatic heterocycles. The molecule has 2 aromatic rings. The van der Waals surface area contributed by atoms with Crippen LogP contribution in [0.3, 0.4) is 0 Å². The second-order valence-electron chi connectivity index (χ2n) is 4.57. The highest BCUT2D eigenvalue weighted by Gasteiger charge is 2.05. The normalized spacial score (nSPS) is 10.5. The Balaban J connectivity index is 1.62. The molecule has 0 aliphatic rings. The van der Waals surface area contributed by atoms with Gasteiger partial charge in [0.25, 0.3) is 5.91 Å². The molecule has 22 heavy (non-hydrogen) atoms. The van der Waals surface area contributed by atoms with E-state index in [0.29, 0.717) is 18.6 Å². The van der Waals surface area contributed by atoms with Gasteiger partial charge in [-0.3, -0.25) is 9.59 Å². The molecule has 2 N–H and O–H groups in total. The van der Waals surface area contributed by atoms with Crippen molar-refractivity contribution in [3.8, 4) is 0 Å². The summed E-state index contributed by atoms with van der Waals surface area (Å²) in [6.07, 6.45) is 3.88. The fraction of sp³-hybridized carbons (Fsp3) is 0.188. The Morgan fingerprint density at radius 2 is 1.91 bits per heavy atom. The van der Waals surface area contributed by atoms with Crippen LogP contribution in [0.1, 0.15) is 17.7 Å². The van der Waals surface area contributed by atoms with Crippen LogP contribution in [-0.2, 0) is 16.0 Å². The fourth-order valence-corrected chi connectivity index (χ4v) is 1.74. The SMILES string of the molecule is O=C(CCc1ccccc1)NCC(=O)N/N=C\c1ccco1. The van der Waals surface area contributed by atoms with Crippen LogP contribution in [0.25, 0.3) is 0 Å². The Morgan fingerprint density at radius 3 is 2.64 bits per heavy atom. The van der Waals surface area contributed by atoms with E-state index < -0.39 is 5.91 Å². The summed E-state index contributed by atoms with van der Waals surface area (Å²) < 4.78 is 5.02. The van der Waals surface area contributed by atoms with Crippen LogP contribution < -0.4 is 10.7 Å². The topological polar surface area (TPSA) is 83.7 Å². The Kier molecular flexibility index (Phi) is 5.92. The minimum Gasteiger partial charge on any atom is -0.463 e. The van der Waals surface area contributed by atoms with E-state index in [9.17, 15) is 9.59 Å². The van der Waals surface area contributed by atoms with Gasteiger partial charge in [0.15, 0.2) is 0 Å². The molecule has 0 radical (unpaired) electrons. The van der Waals surface area contributed by atoms with E-state index in [0.717, 1.165) is 5.56 Å². The summed E-state index contributed by atoms with van der Waals surface area (Å²) >= 11 is 0. The van der Waals surface area contributed by atoms with Gasteiger partial charge in [-0.15, -0.1) is 0 Å². The van der Waals surface area contributed by atoms with Gasteiger partial charge in [-0.1, -0.05) is 30.3 Å². The minimum atomic E-state index is -0.393. The van der Waals surface area contributed by atoms with Crippen molar-refractivity contribution in [1.29, 1.82) is 0 Å². The molecule has 0 saturated carbocycles. The van der Waals surface area contributed by atoms with Crippen molar-refractivity contribution in [1.82, 2.24) is 10.7 Å². The van der Waals surface area contributed by atoms with Crippen molar-refractivity contribution < 1.29 is 14.0 Å². The highest BCUT2D eigenvalue weighted by atomic mass is 16.3. The molecule has 1 heterocycles. The quantitative estimate of drug-likeness (QED) is 0.600. The highest BCUT2D eigenvalue weighted by Crippen LogP contribution is 2.01. The van der Waals surface area contributed by atoms with Crippen LogP contribution in [0.5, 0.6) is 0 Å². The van der Waals surface area contributed by atoms with E-state index in [1.807, 2.05) is 30.3 Å². The van der Waals surface area contributed by atoms with Gasteiger partial charge in [0, 0.05) is 6.42 Å². The largest absolute Gasteiger partial charge is 0.463 e. The van der Waals surface area contributed by atoms with Crippen molar-refractivity contribution >= 4 is 18.0 Å². The maximum Gasteiger partial charge on any atom is 0.259 e. The predicted octanol–water partition coefficient (Wildman–Crippen LogP) is 1.48. The van der Waals surface area contributed by atoms with E-state index in [-0.39, 0.29) is 12.5 Å². The first-order chi connectivity index (χ1) is 10.7. The average Bonchev–Trinajstić information content (AvgIpc) is 3.05. The third kappa shape index (κ3) is 5.62. The van der Waals surface area contributed by atoms with Crippen LogP contribution >= 0.6 is 0 Å². The van der Waals surface area contributed by atoms with Gasteiger partial charge in [0.2, 0.25) is 5.91 Å². The number of nitrogens with zero attached hydrogens (tertiary/aromatic N) is 1. The molecule has 0 aliphatic carbocycles. The number of benzene rings is 1. The Morgan fingerprint density at radius 1 is 1.09 bits per heavy atom. The number of amides is 2. The molecule has 114 valence electrons. The molecule has 0 spiro atoms. The Bertz CT molecular complexity index is 621. The maximum atomic E-state index is 11.6. The van der Waals surface area contributed by atoms with Crippen LogP contribution in [0, 0.1) is 0 Å². The van der Waals surface area contributed by atoms with Crippen LogP contribution in [-0.4, -0.2) is 24.6 Å². The van der Waals surface area contributed by atoms with Crippen LogP contribution in [0.15, 0.2) is 58.2 Å². The predicted molar refractivity (Wildman–Crippen MR) is 82.2 cm³/mol. The van der Waals surface area contributed by atoms with Crippen molar-refractivity contribution in [3.63, 3.8) is 0 Å². The fourth-order valence-electron chi connectivity index (χ4n) is 1.74. The Labute approximate surface area is 128 Å². The van der Waals surface area contributed by atoms with E-state index in [2.05, 4.69) is 15.8 Å². The maximum absolute atomic E-state index is 11.6. The molecule has 2 rings (SSSR count). The summed E-state index contributed by atoms with van der Waals surface area (Å²) in [4.78, 5) is 23.1. The third-order valence-corrected chi connectivity index (χ3v) is 2.85. The summed E-state index contributed by atoms with van der Waals surface area (Å²) in [5.41, 5.74) is 3.39. The number of nitrogens with one attached hydrogen (secondary N) is 2. The lowest BCUT2D eigenvalue weighted by Crippen LogP contribution is -2.35. The number of hydrogen-bond donors (Lipinski definition) is 2. The van der Waals surface area contributed by atoms with Gasteiger partial charge in [-0.05, 0) is 24.1 Å². The van der Waals surface area contributed by atoms with Crippen molar-refractivity contribution in [3.05, 3.63) is 60.1 Å². The van der Waals surface area contributed by atoms with Crippen LogP contribution in [0.4, 0.5) is 0 Å². The number of hydrazone groups is 1. The smallest absolute Gasteiger partial charge is 0.259 e. The molecule has 0 aliphatic heterocycles. The summed E-state index contributed by atoms with van der Waals surface area (Å²) in [6.45, 7) is -0.108. The van der Waals surface area contributed by atoms with Gasteiger partial charge in [-0.2, -0.15) is 5.10 Å². The number of carbonyl (C=O) groups is 2. The van der Waals surface area contributed by atoms with Gasteiger partial charge in [0.05, 0.1) is 19.0 Å². The van der Waals surface area contributed by atoms with Gasteiger partial charge < -0.3 is 9.73 Å². The minimum absolute atomic E-state index is 0.108. The highest BCUT2D eigenvalue weighted by molar-refractivity contribution is 5.85. The van der Waals surface area contributed by atoms with Crippen molar-refractivity contribution in [2.45, 2.75) is 12.8 Å². The number of aryl methyl sites for hydroxylation is 1. The molecule has 6 heteroatoms. The zero-order valence-electron chi connectivity index (χ0n) is 12.0. The van der Waals surface area contributed by atoms with Gasteiger partial charge >= 0.3 is 0 Å². The average molecular weight is 299 g/mol. The molecule has 0 unspecified atom stereocenters. The number of carbonyl (C=O) groups excluding carboxylic acids is 2. The van der Waals surface area contributed by atoms with Crippen LogP contribution in [0.2, 0.25) is 0 Å². The summed E-state index contributed by atoms with van der Waals surface area (Å²) in [5.74, 6) is -0.0305. The lowest BCUT2D eigenvalue weighted by atomic mass is 10.1. The van der Waals surface area contributed by atoms with Gasteiger partial charge in [0.1, 0.15) is 5.76 Å². The molecule has 0 atom stereocenters. The molecule has 0 saturated heterocycles. The lowest BCUT2D eigenvalue weighted by molar-refractivity contribution is -0.126. The van der Waals surface area contributed by atoms with E-state index in [1.54, 1.807) is 12.1 Å². The second kappa shape index (κ2) is 8.41. The summed E-state index contributed by atoms with van der Waals surface area (Å²) in [5, 5.41) is 6.26. The first-order valence-corrected chi connectivity index (χ1v) is 6.90. The first-order valence-electron chi connectivity index (χ1n) is 6.90. The lowest BCUT2D eigenvalue weighted by Gasteiger charge is -2.04. The summed E-state index contributed by atoms with van der Waals surface area (Å²) in [6, 6.07) is 13.1. The number of furan rings is 1. The molecule has 1 aromatic carbocycles. The Hall–Kier alpha value is -2.89. The first kappa shape index (κ1) is 15.5. The third-order valence-electron chi connectivity index (χ3n) is 2.85. The van der Waals surface area contributed by atoms with Crippen molar-refractivity contribution in [2.24, 2.45) is 5.10 Å². The van der Waals surface area contributed by atoms with E-state index >= 15 is 0 Å². The molecule has 0 fully saturated rings. The number of hydrogen-bond acceptors (Lipinski definition) is 4. The molecule has 2 amide bonds. The summed E-state index contributed by atoms with van der Waals surface area (Å²) in [7, 11) is 0. The standard InChI is InChI=1S/C16H17N3O3/c20-15(9-8-13-5-2-1-3-6-13)17-12-16(21)19-18-11-14-7-4-10-22-14/h1-7,10-11H,8-9,12H2,(H,17,20)(H,19,21)/b18-11-. The zero-order chi connectivity index (χ0) is 15.6. The van der Waals surface area contributed by atoms with Gasteiger partial charge in [-0.25, -0.2) is 5.43 Å².